The lowest BCUT2D eigenvalue weighted by Gasteiger charge is -2.08. The Balaban J connectivity index is 1.62. The van der Waals surface area contributed by atoms with Crippen LogP contribution in [-0.4, -0.2) is 46.4 Å². The fraction of sp³-hybridized carbons (Fsp3) is 0.316. The van der Waals surface area contributed by atoms with Gasteiger partial charge in [0, 0.05) is 11.9 Å². The maximum Gasteiger partial charge on any atom is 0.239 e. The number of aromatic amines is 1. The molecule has 1 aliphatic heterocycles. The zero-order valence-electron chi connectivity index (χ0n) is 14.4. The number of aryl methyl sites for hydroxylation is 1. The highest BCUT2D eigenvalue weighted by molar-refractivity contribution is 6.04. The van der Waals surface area contributed by atoms with Gasteiger partial charge in [-0.05, 0) is 56.7 Å². The average Bonchev–Trinajstić information content (AvgIpc) is 3.13. The van der Waals surface area contributed by atoms with Crippen molar-refractivity contribution in [3.05, 3.63) is 53.5 Å². The van der Waals surface area contributed by atoms with E-state index in [1.54, 1.807) is 0 Å². The number of nitrogens with zero attached hydrogens (tertiary/aromatic N) is 3. The molecule has 25 heavy (non-hydrogen) atoms. The standard InChI is InChI=1S/C19H21N5O/c1-24(2)9-5-6-12-10-15-17(20-11-12)23-18(21-15)16-13-7-3-4-8-14(13)22-19(16)25/h3-4,7-8,10-11,16H,5-6,9H2,1-2H3,(H,22,25)(H,20,21,23). The van der Waals surface area contributed by atoms with E-state index in [0.717, 1.165) is 36.2 Å². The van der Waals surface area contributed by atoms with Crippen molar-refractivity contribution in [2.45, 2.75) is 18.8 Å². The summed E-state index contributed by atoms with van der Waals surface area (Å²) in [5.41, 5.74) is 4.53. The SMILES string of the molecule is CN(C)CCCc1cnc2nc(C3C(=O)Nc4ccccc43)[nH]c2c1. The summed E-state index contributed by atoms with van der Waals surface area (Å²) < 4.78 is 0. The van der Waals surface area contributed by atoms with E-state index in [2.05, 4.69) is 45.3 Å². The molecule has 6 nitrogen and oxygen atoms in total. The lowest BCUT2D eigenvalue weighted by Crippen LogP contribution is -2.14. The predicted octanol–water partition coefficient (Wildman–Crippen LogP) is 2.54. The lowest BCUT2D eigenvalue weighted by molar-refractivity contribution is -0.116. The molecule has 1 atom stereocenters. The summed E-state index contributed by atoms with van der Waals surface area (Å²) in [5.74, 6) is 0.199. The Morgan fingerprint density at radius 2 is 2.08 bits per heavy atom. The first-order valence-electron chi connectivity index (χ1n) is 8.51. The quantitative estimate of drug-likeness (QED) is 0.751. The van der Waals surface area contributed by atoms with Gasteiger partial charge in [0.25, 0.3) is 0 Å². The van der Waals surface area contributed by atoms with Crippen molar-refractivity contribution in [1.82, 2.24) is 19.9 Å². The smallest absolute Gasteiger partial charge is 0.239 e. The third-order valence-electron chi connectivity index (χ3n) is 4.55. The molecule has 2 aromatic heterocycles. The molecule has 0 radical (unpaired) electrons. The van der Waals surface area contributed by atoms with Crippen LogP contribution in [0.3, 0.4) is 0 Å². The predicted molar refractivity (Wildman–Crippen MR) is 97.7 cm³/mol. The number of carbonyl (C=O) groups is 1. The van der Waals surface area contributed by atoms with E-state index >= 15 is 0 Å². The number of H-pyrrole nitrogens is 1. The highest BCUT2D eigenvalue weighted by atomic mass is 16.2. The summed E-state index contributed by atoms with van der Waals surface area (Å²) in [7, 11) is 4.15. The van der Waals surface area contributed by atoms with E-state index < -0.39 is 5.92 Å². The summed E-state index contributed by atoms with van der Waals surface area (Å²) in [6, 6.07) is 9.83. The van der Waals surface area contributed by atoms with Gasteiger partial charge in [0.15, 0.2) is 5.65 Å². The van der Waals surface area contributed by atoms with Crippen LogP contribution < -0.4 is 5.32 Å². The van der Waals surface area contributed by atoms with Gasteiger partial charge in [-0.2, -0.15) is 0 Å². The molecule has 1 aliphatic rings. The minimum Gasteiger partial charge on any atom is -0.340 e. The fourth-order valence-electron chi connectivity index (χ4n) is 3.31. The highest BCUT2D eigenvalue weighted by Gasteiger charge is 2.34. The van der Waals surface area contributed by atoms with Gasteiger partial charge in [-0.3, -0.25) is 4.79 Å². The van der Waals surface area contributed by atoms with Crippen LogP contribution in [0.2, 0.25) is 0 Å². The zero-order valence-corrected chi connectivity index (χ0v) is 14.4. The topological polar surface area (TPSA) is 73.9 Å². The first kappa shape index (κ1) is 15.8. The molecule has 128 valence electrons. The van der Waals surface area contributed by atoms with Crippen LogP contribution in [0.4, 0.5) is 5.69 Å². The number of hydrogen-bond acceptors (Lipinski definition) is 4. The molecule has 4 rings (SSSR count). The summed E-state index contributed by atoms with van der Waals surface area (Å²) in [4.78, 5) is 26.9. The molecule has 1 aromatic carbocycles. The molecule has 6 heteroatoms. The van der Waals surface area contributed by atoms with Crippen molar-refractivity contribution in [1.29, 1.82) is 0 Å². The number of anilines is 1. The maximum atomic E-state index is 12.4. The number of rotatable bonds is 5. The third kappa shape index (κ3) is 3.00. The molecule has 0 saturated carbocycles. The van der Waals surface area contributed by atoms with Crippen LogP contribution in [0.5, 0.6) is 0 Å². The number of hydrogen-bond donors (Lipinski definition) is 2. The van der Waals surface area contributed by atoms with Crippen molar-refractivity contribution >= 4 is 22.8 Å². The van der Waals surface area contributed by atoms with E-state index in [-0.39, 0.29) is 5.91 Å². The minimum atomic E-state index is -0.400. The van der Waals surface area contributed by atoms with Gasteiger partial charge in [0.1, 0.15) is 11.7 Å². The normalized spacial score (nSPS) is 16.4. The average molecular weight is 335 g/mol. The van der Waals surface area contributed by atoms with Gasteiger partial charge >= 0.3 is 0 Å². The van der Waals surface area contributed by atoms with Gasteiger partial charge in [0.05, 0.1) is 5.52 Å². The highest BCUT2D eigenvalue weighted by Crippen LogP contribution is 2.36. The Hall–Kier alpha value is -2.73. The van der Waals surface area contributed by atoms with Crippen LogP contribution in [-0.2, 0) is 11.2 Å². The monoisotopic (exact) mass is 335 g/mol. The second-order valence-electron chi connectivity index (χ2n) is 6.75. The minimum absolute atomic E-state index is 0.0496. The van der Waals surface area contributed by atoms with E-state index in [9.17, 15) is 4.79 Å². The molecule has 2 N–H and O–H groups in total. The van der Waals surface area contributed by atoms with E-state index in [4.69, 9.17) is 0 Å². The molecule has 3 heterocycles. The van der Waals surface area contributed by atoms with Crippen LogP contribution in [0.25, 0.3) is 11.2 Å². The molecule has 0 fully saturated rings. The van der Waals surface area contributed by atoms with Crippen molar-refractivity contribution < 1.29 is 4.79 Å². The Morgan fingerprint density at radius 3 is 2.92 bits per heavy atom. The second-order valence-corrected chi connectivity index (χ2v) is 6.75. The number of pyridine rings is 1. The summed E-state index contributed by atoms with van der Waals surface area (Å²) in [5, 5.41) is 2.92. The second kappa shape index (κ2) is 6.29. The van der Waals surface area contributed by atoms with Crippen LogP contribution in [0, 0.1) is 0 Å². The van der Waals surface area contributed by atoms with Gasteiger partial charge in [0.2, 0.25) is 5.91 Å². The summed E-state index contributed by atoms with van der Waals surface area (Å²) >= 11 is 0. The Morgan fingerprint density at radius 1 is 1.24 bits per heavy atom. The van der Waals surface area contributed by atoms with E-state index in [1.807, 2.05) is 30.5 Å². The summed E-state index contributed by atoms with van der Waals surface area (Å²) in [6.45, 7) is 1.05. The number of carbonyl (C=O) groups excluding carboxylic acids is 1. The summed E-state index contributed by atoms with van der Waals surface area (Å²) in [6.07, 6.45) is 3.94. The largest absolute Gasteiger partial charge is 0.340 e. The third-order valence-corrected chi connectivity index (χ3v) is 4.55. The number of para-hydroxylation sites is 1. The Labute approximate surface area is 146 Å². The number of benzene rings is 1. The van der Waals surface area contributed by atoms with Crippen molar-refractivity contribution in [3.63, 3.8) is 0 Å². The number of aromatic nitrogens is 3. The first-order valence-corrected chi connectivity index (χ1v) is 8.51. The molecule has 3 aromatic rings. The van der Waals surface area contributed by atoms with Crippen molar-refractivity contribution in [2.75, 3.05) is 26.0 Å². The van der Waals surface area contributed by atoms with Crippen molar-refractivity contribution in [3.8, 4) is 0 Å². The molecule has 0 bridgehead atoms. The van der Waals surface area contributed by atoms with Gasteiger partial charge in [-0.25, -0.2) is 9.97 Å². The van der Waals surface area contributed by atoms with Crippen LogP contribution >= 0.6 is 0 Å². The Kier molecular flexibility index (Phi) is 3.97. The number of fused-ring (bicyclic) bond motifs is 2. The van der Waals surface area contributed by atoms with Crippen LogP contribution in [0.15, 0.2) is 36.5 Å². The molecule has 0 spiro atoms. The lowest BCUT2D eigenvalue weighted by atomic mass is 10.0. The molecule has 1 unspecified atom stereocenters. The van der Waals surface area contributed by atoms with Gasteiger partial charge < -0.3 is 15.2 Å². The maximum absolute atomic E-state index is 12.4. The zero-order chi connectivity index (χ0) is 17.4. The molecular weight excluding hydrogens is 314 g/mol. The van der Waals surface area contributed by atoms with Gasteiger partial charge in [-0.1, -0.05) is 18.2 Å². The van der Waals surface area contributed by atoms with Crippen molar-refractivity contribution in [2.24, 2.45) is 0 Å². The van der Waals surface area contributed by atoms with E-state index in [0.29, 0.717) is 11.5 Å². The van der Waals surface area contributed by atoms with E-state index in [1.165, 1.54) is 5.56 Å². The first-order chi connectivity index (χ1) is 12.1. The number of nitrogens with one attached hydrogen (secondary N) is 2. The van der Waals surface area contributed by atoms with Gasteiger partial charge in [-0.15, -0.1) is 0 Å². The molecular formula is C19H21N5O. The molecule has 0 saturated heterocycles. The van der Waals surface area contributed by atoms with Crippen LogP contribution in [0.1, 0.15) is 29.3 Å². The molecule has 1 amide bonds. The number of imidazole rings is 1. The fourth-order valence-corrected chi connectivity index (χ4v) is 3.31. The Bertz CT molecular complexity index is 930. The number of amides is 1. The molecule has 0 aliphatic carbocycles.